The first-order valence-corrected chi connectivity index (χ1v) is 5.95. The smallest absolute Gasteiger partial charge is 0.0642 e. The second-order valence-corrected chi connectivity index (χ2v) is 4.39. The predicted molar refractivity (Wildman–Crippen MR) is 71.4 cm³/mol. The molecule has 0 aliphatic carbocycles. The molecule has 0 saturated carbocycles. The van der Waals surface area contributed by atoms with Crippen molar-refractivity contribution < 1.29 is 4.74 Å². The first kappa shape index (κ1) is 10.4. The fourth-order valence-corrected chi connectivity index (χ4v) is 2.27. The van der Waals surface area contributed by atoms with E-state index in [-0.39, 0.29) is 0 Å². The first-order valence-electron chi connectivity index (χ1n) is 5.95. The molecule has 0 amide bonds. The van der Waals surface area contributed by atoms with Crippen molar-refractivity contribution in [3.05, 3.63) is 36.4 Å². The number of ether oxygens (including phenoxy) is 1. The van der Waals surface area contributed by atoms with Gasteiger partial charge in [-0.2, -0.15) is 0 Å². The maximum absolute atomic E-state index is 5.82. The highest BCUT2D eigenvalue weighted by Crippen LogP contribution is 2.24. The van der Waals surface area contributed by atoms with Crippen LogP contribution in [0.1, 0.15) is 0 Å². The predicted octanol–water partition coefficient (Wildman–Crippen LogP) is 2.26. The van der Waals surface area contributed by atoms with Gasteiger partial charge < -0.3 is 15.4 Å². The molecule has 88 valence electrons. The van der Waals surface area contributed by atoms with E-state index < -0.39 is 0 Å². The summed E-state index contributed by atoms with van der Waals surface area (Å²) in [6.07, 6.45) is 0. The van der Waals surface area contributed by atoms with Crippen LogP contribution in [0.2, 0.25) is 0 Å². The van der Waals surface area contributed by atoms with E-state index >= 15 is 0 Å². The third-order valence-corrected chi connectivity index (χ3v) is 3.22. The topological polar surface area (TPSA) is 38.5 Å². The SMILES string of the molecule is Nc1ccc2ccc(N3CCOCC3)cc2c1. The van der Waals surface area contributed by atoms with Gasteiger partial charge in [0.1, 0.15) is 0 Å². The summed E-state index contributed by atoms with van der Waals surface area (Å²) in [5.74, 6) is 0. The number of anilines is 2. The van der Waals surface area contributed by atoms with E-state index in [0.29, 0.717) is 0 Å². The van der Waals surface area contributed by atoms with Crippen molar-refractivity contribution in [2.45, 2.75) is 0 Å². The van der Waals surface area contributed by atoms with Crippen LogP contribution in [-0.2, 0) is 4.74 Å². The molecule has 0 radical (unpaired) electrons. The minimum atomic E-state index is 0.814. The number of benzene rings is 2. The molecule has 0 unspecified atom stereocenters. The van der Waals surface area contributed by atoms with Gasteiger partial charge in [0.2, 0.25) is 0 Å². The number of nitrogens with two attached hydrogens (primary N) is 1. The van der Waals surface area contributed by atoms with Crippen molar-refractivity contribution in [2.75, 3.05) is 36.9 Å². The number of nitrogen functional groups attached to an aromatic ring is 1. The fraction of sp³-hybridized carbons (Fsp3) is 0.286. The average molecular weight is 228 g/mol. The van der Waals surface area contributed by atoms with Crippen LogP contribution in [-0.4, -0.2) is 26.3 Å². The Morgan fingerprint density at radius 2 is 1.71 bits per heavy atom. The second-order valence-electron chi connectivity index (χ2n) is 4.39. The maximum Gasteiger partial charge on any atom is 0.0642 e. The molecule has 2 aromatic carbocycles. The van der Waals surface area contributed by atoms with Crippen LogP contribution < -0.4 is 10.6 Å². The molecular formula is C14H16N2O. The van der Waals surface area contributed by atoms with Crippen LogP contribution in [0.4, 0.5) is 11.4 Å². The van der Waals surface area contributed by atoms with E-state index in [1.807, 2.05) is 12.1 Å². The van der Waals surface area contributed by atoms with E-state index in [0.717, 1.165) is 32.0 Å². The second kappa shape index (κ2) is 4.26. The van der Waals surface area contributed by atoms with Gasteiger partial charge in [-0.25, -0.2) is 0 Å². The number of morpholine rings is 1. The minimum absolute atomic E-state index is 0.814. The van der Waals surface area contributed by atoms with E-state index in [1.165, 1.54) is 16.5 Å². The standard InChI is InChI=1S/C14H16N2O/c15-13-3-1-11-2-4-14(10-12(11)9-13)16-5-7-17-8-6-16/h1-4,9-10H,5-8,15H2. The van der Waals surface area contributed by atoms with Gasteiger partial charge in [-0.05, 0) is 35.0 Å². The van der Waals surface area contributed by atoms with Crippen LogP contribution in [0.3, 0.4) is 0 Å². The van der Waals surface area contributed by atoms with E-state index in [4.69, 9.17) is 10.5 Å². The Bertz CT molecular complexity index is 533. The summed E-state index contributed by atoms with van der Waals surface area (Å²) in [4.78, 5) is 2.35. The van der Waals surface area contributed by atoms with E-state index in [1.54, 1.807) is 0 Å². The molecule has 0 bridgehead atoms. The van der Waals surface area contributed by atoms with Gasteiger partial charge in [0, 0.05) is 24.5 Å². The Balaban J connectivity index is 1.99. The van der Waals surface area contributed by atoms with Gasteiger partial charge in [0.25, 0.3) is 0 Å². The maximum atomic E-state index is 5.82. The molecule has 3 heteroatoms. The normalized spacial score (nSPS) is 16.4. The monoisotopic (exact) mass is 228 g/mol. The van der Waals surface area contributed by atoms with Gasteiger partial charge in [0.05, 0.1) is 13.2 Å². The lowest BCUT2D eigenvalue weighted by molar-refractivity contribution is 0.122. The van der Waals surface area contributed by atoms with E-state index in [9.17, 15) is 0 Å². The highest BCUT2D eigenvalue weighted by molar-refractivity contribution is 5.88. The first-order chi connectivity index (χ1) is 8.33. The third-order valence-electron chi connectivity index (χ3n) is 3.22. The molecule has 1 aliphatic rings. The summed E-state index contributed by atoms with van der Waals surface area (Å²) in [6.45, 7) is 3.56. The molecule has 0 spiro atoms. The average Bonchev–Trinajstić information content (AvgIpc) is 2.39. The molecule has 0 aromatic heterocycles. The lowest BCUT2D eigenvalue weighted by Gasteiger charge is -2.29. The lowest BCUT2D eigenvalue weighted by atomic mass is 10.1. The highest BCUT2D eigenvalue weighted by atomic mass is 16.5. The number of hydrogen-bond acceptors (Lipinski definition) is 3. The Morgan fingerprint density at radius 1 is 0.941 bits per heavy atom. The van der Waals surface area contributed by atoms with Crippen molar-refractivity contribution in [1.29, 1.82) is 0 Å². The molecule has 0 atom stereocenters. The van der Waals surface area contributed by atoms with Crippen LogP contribution >= 0.6 is 0 Å². The lowest BCUT2D eigenvalue weighted by Crippen LogP contribution is -2.36. The molecule has 1 aliphatic heterocycles. The zero-order valence-corrected chi connectivity index (χ0v) is 9.73. The van der Waals surface area contributed by atoms with Crippen molar-refractivity contribution in [3.63, 3.8) is 0 Å². The summed E-state index contributed by atoms with van der Waals surface area (Å²) in [7, 11) is 0. The van der Waals surface area contributed by atoms with Crippen LogP contribution in [0, 0.1) is 0 Å². The summed E-state index contributed by atoms with van der Waals surface area (Å²) < 4.78 is 5.37. The third kappa shape index (κ3) is 2.06. The number of fused-ring (bicyclic) bond motifs is 1. The summed E-state index contributed by atoms with van der Waals surface area (Å²) in [6, 6.07) is 12.6. The van der Waals surface area contributed by atoms with Crippen molar-refractivity contribution in [3.8, 4) is 0 Å². The fourth-order valence-electron chi connectivity index (χ4n) is 2.27. The molecule has 1 fully saturated rings. The quantitative estimate of drug-likeness (QED) is 0.761. The van der Waals surface area contributed by atoms with Gasteiger partial charge in [0.15, 0.2) is 0 Å². The van der Waals surface area contributed by atoms with Crippen LogP contribution in [0.5, 0.6) is 0 Å². The number of rotatable bonds is 1. The summed E-state index contributed by atoms with van der Waals surface area (Å²) >= 11 is 0. The zero-order valence-electron chi connectivity index (χ0n) is 9.73. The Labute approximate surface area is 101 Å². The number of hydrogen-bond donors (Lipinski definition) is 1. The molecule has 3 rings (SSSR count). The van der Waals surface area contributed by atoms with Crippen LogP contribution in [0.15, 0.2) is 36.4 Å². The van der Waals surface area contributed by atoms with Gasteiger partial charge in [-0.3, -0.25) is 0 Å². The molecule has 17 heavy (non-hydrogen) atoms. The highest BCUT2D eigenvalue weighted by Gasteiger charge is 2.11. The summed E-state index contributed by atoms with van der Waals surface area (Å²) in [5.41, 5.74) is 7.89. The Hall–Kier alpha value is -1.74. The Kier molecular flexibility index (Phi) is 2.61. The summed E-state index contributed by atoms with van der Waals surface area (Å²) in [5, 5.41) is 2.44. The van der Waals surface area contributed by atoms with Gasteiger partial charge >= 0.3 is 0 Å². The molecule has 3 nitrogen and oxygen atoms in total. The molecular weight excluding hydrogens is 212 g/mol. The van der Waals surface area contributed by atoms with Gasteiger partial charge in [-0.15, -0.1) is 0 Å². The van der Waals surface area contributed by atoms with Crippen LogP contribution in [0.25, 0.3) is 10.8 Å². The molecule has 2 aromatic rings. The molecule has 1 saturated heterocycles. The van der Waals surface area contributed by atoms with Crippen molar-refractivity contribution >= 4 is 22.1 Å². The Morgan fingerprint density at radius 3 is 2.53 bits per heavy atom. The van der Waals surface area contributed by atoms with Crippen molar-refractivity contribution in [2.24, 2.45) is 0 Å². The van der Waals surface area contributed by atoms with Crippen molar-refractivity contribution in [1.82, 2.24) is 0 Å². The largest absolute Gasteiger partial charge is 0.399 e. The molecule has 1 heterocycles. The molecule has 2 N–H and O–H groups in total. The minimum Gasteiger partial charge on any atom is -0.399 e. The van der Waals surface area contributed by atoms with E-state index in [2.05, 4.69) is 29.2 Å². The number of nitrogens with zero attached hydrogens (tertiary/aromatic N) is 1. The zero-order chi connectivity index (χ0) is 11.7. The van der Waals surface area contributed by atoms with Gasteiger partial charge in [-0.1, -0.05) is 12.1 Å².